The van der Waals surface area contributed by atoms with Gasteiger partial charge in [0.1, 0.15) is 18.2 Å². The van der Waals surface area contributed by atoms with Crippen LogP contribution in [-0.2, 0) is 14.8 Å². The predicted molar refractivity (Wildman–Crippen MR) is 95.9 cm³/mol. The van der Waals surface area contributed by atoms with Crippen LogP contribution in [0.2, 0.25) is 0 Å². The van der Waals surface area contributed by atoms with Crippen molar-refractivity contribution in [2.45, 2.75) is 18.2 Å². The zero-order valence-electron chi connectivity index (χ0n) is 14.4. The molecule has 0 aliphatic rings. The third-order valence-corrected chi connectivity index (χ3v) is 4.96. The van der Waals surface area contributed by atoms with Crippen molar-refractivity contribution >= 4 is 15.9 Å². The number of halogens is 1. The fraction of sp³-hybridized carbons (Fsp3) is 0.278. The van der Waals surface area contributed by atoms with Crippen molar-refractivity contribution in [3.63, 3.8) is 0 Å². The number of carbonyl (C=O) groups is 1. The lowest BCUT2D eigenvalue weighted by Gasteiger charge is -2.09. The molecular weight excluding hydrogens is 359 g/mol. The van der Waals surface area contributed by atoms with Crippen molar-refractivity contribution in [1.82, 2.24) is 10.0 Å². The lowest BCUT2D eigenvalue weighted by molar-refractivity contribution is -0.121. The largest absolute Gasteiger partial charge is 0.492 e. The van der Waals surface area contributed by atoms with Crippen LogP contribution in [0.3, 0.4) is 0 Å². The van der Waals surface area contributed by atoms with Gasteiger partial charge in [-0.15, -0.1) is 0 Å². The van der Waals surface area contributed by atoms with Crippen molar-refractivity contribution in [2.24, 2.45) is 0 Å². The first-order valence-electron chi connectivity index (χ1n) is 8.08. The summed E-state index contributed by atoms with van der Waals surface area (Å²) in [6, 6.07) is 12.0. The Kier molecular flexibility index (Phi) is 7.11. The Labute approximate surface area is 152 Å². The highest BCUT2D eigenvalue weighted by atomic mass is 32.2. The highest BCUT2D eigenvalue weighted by Gasteiger charge is 2.14. The fourth-order valence-corrected chi connectivity index (χ4v) is 3.11. The molecule has 0 spiro atoms. The Bertz CT molecular complexity index is 821. The smallest absolute Gasteiger partial charge is 0.240 e. The molecule has 0 radical (unpaired) electrons. The lowest BCUT2D eigenvalue weighted by atomic mass is 10.2. The second-order valence-corrected chi connectivity index (χ2v) is 7.38. The average Bonchev–Trinajstić information content (AvgIpc) is 2.60. The maximum absolute atomic E-state index is 12.8. The summed E-state index contributed by atoms with van der Waals surface area (Å²) in [5.41, 5.74) is 1.13. The molecule has 2 aromatic carbocycles. The second-order valence-electron chi connectivity index (χ2n) is 5.61. The molecule has 0 saturated heterocycles. The van der Waals surface area contributed by atoms with Gasteiger partial charge in [0.15, 0.2) is 0 Å². The van der Waals surface area contributed by atoms with E-state index in [-0.39, 0.29) is 23.8 Å². The fourth-order valence-electron chi connectivity index (χ4n) is 2.08. The third-order valence-electron chi connectivity index (χ3n) is 3.48. The summed E-state index contributed by atoms with van der Waals surface area (Å²) in [6.07, 6.45) is -0.00897. The van der Waals surface area contributed by atoms with Gasteiger partial charge in [0.2, 0.25) is 15.9 Å². The molecule has 0 aliphatic carbocycles. The van der Waals surface area contributed by atoms with Crippen molar-refractivity contribution in [3.8, 4) is 5.75 Å². The summed E-state index contributed by atoms with van der Waals surface area (Å²) in [7, 11) is -3.76. The number of aryl methyl sites for hydroxylation is 1. The van der Waals surface area contributed by atoms with E-state index in [0.717, 1.165) is 23.4 Å². The predicted octanol–water partition coefficient (Wildman–Crippen LogP) is 2.00. The lowest BCUT2D eigenvalue weighted by Crippen LogP contribution is -2.32. The number of benzene rings is 2. The minimum Gasteiger partial charge on any atom is -0.492 e. The minimum atomic E-state index is -3.76. The minimum absolute atomic E-state index is 0.00897. The van der Waals surface area contributed by atoms with Crippen LogP contribution in [0.25, 0.3) is 0 Å². The molecule has 0 saturated carbocycles. The second kappa shape index (κ2) is 9.30. The van der Waals surface area contributed by atoms with Crippen LogP contribution >= 0.6 is 0 Å². The molecule has 0 atom stereocenters. The maximum atomic E-state index is 12.8. The van der Waals surface area contributed by atoms with E-state index in [2.05, 4.69) is 10.0 Å². The number of sulfonamides is 1. The summed E-state index contributed by atoms with van der Waals surface area (Å²) < 4.78 is 44.6. The molecule has 2 aromatic rings. The standard InChI is InChI=1S/C18H21FN2O4S/c1-14-2-6-16(7-3-14)25-13-12-20-18(22)10-11-21-26(23,24)17-8-4-15(19)5-9-17/h2-9,21H,10-13H2,1H3,(H,20,22). The highest BCUT2D eigenvalue weighted by molar-refractivity contribution is 7.89. The quantitative estimate of drug-likeness (QED) is 0.652. The first-order valence-corrected chi connectivity index (χ1v) is 9.56. The molecule has 0 heterocycles. The van der Waals surface area contributed by atoms with E-state index in [0.29, 0.717) is 13.2 Å². The molecule has 0 unspecified atom stereocenters. The van der Waals surface area contributed by atoms with Crippen LogP contribution in [-0.4, -0.2) is 34.0 Å². The molecule has 8 heteroatoms. The Balaban J connectivity index is 1.65. The van der Waals surface area contributed by atoms with E-state index < -0.39 is 15.8 Å². The molecule has 26 heavy (non-hydrogen) atoms. The molecule has 0 aromatic heterocycles. The first kappa shape index (κ1) is 19.9. The highest BCUT2D eigenvalue weighted by Crippen LogP contribution is 2.11. The van der Waals surface area contributed by atoms with Crippen LogP contribution in [0.1, 0.15) is 12.0 Å². The monoisotopic (exact) mass is 380 g/mol. The molecule has 0 bridgehead atoms. The molecule has 1 amide bonds. The van der Waals surface area contributed by atoms with E-state index in [4.69, 9.17) is 4.74 Å². The van der Waals surface area contributed by atoms with Crippen molar-refractivity contribution < 1.29 is 22.3 Å². The van der Waals surface area contributed by atoms with Gasteiger partial charge in [-0.1, -0.05) is 17.7 Å². The zero-order chi connectivity index (χ0) is 19.0. The molecule has 2 rings (SSSR count). The van der Waals surface area contributed by atoms with Crippen molar-refractivity contribution in [1.29, 1.82) is 0 Å². The summed E-state index contributed by atoms with van der Waals surface area (Å²) in [5.74, 6) is -0.0904. The van der Waals surface area contributed by atoms with Crippen molar-refractivity contribution in [2.75, 3.05) is 19.7 Å². The van der Waals surface area contributed by atoms with Crippen LogP contribution in [0.4, 0.5) is 4.39 Å². The van der Waals surface area contributed by atoms with Crippen LogP contribution in [0, 0.1) is 12.7 Å². The van der Waals surface area contributed by atoms with Crippen LogP contribution < -0.4 is 14.8 Å². The number of hydrogen-bond acceptors (Lipinski definition) is 4. The van der Waals surface area contributed by atoms with E-state index in [1.807, 2.05) is 31.2 Å². The van der Waals surface area contributed by atoms with Gasteiger partial charge in [-0.3, -0.25) is 4.79 Å². The Morgan fingerprint density at radius 1 is 1.04 bits per heavy atom. The maximum Gasteiger partial charge on any atom is 0.240 e. The van der Waals surface area contributed by atoms with E-state index in [1.165, 1.54) is 12.1 Å². The Hall–Kier alpha value is -2.45. The summed E-state index contributed by atoms with van der Waals surface area (Å²) >= 11 is 0. The van der Waals surface area contributed by atoms with Gasteiger partial charge in [-0.25, -0.2) is 17.5 Å². The number of ether oxygens (including phenoxy) is 1. The van der Waals surface area contributed by atoms with E-state index in [1.54, 1.807) is 0 Å². The van der Waals surface area contributed by atoms with Crippen molar-refractivity contribution in [3.05, 3.63) is 59.9 Å². The van der Waals surface area contributed by atoms with Gasteiger partial charge in [0, 0.05) is 13.0 Å². The SMILES string of the molecule is Cc1ccc(OCCNC(=O)CCNS(=O)(=O)c2ccc(F)cc2)cc1. The number of hydrogen-bond donors (Lipinski definition) is 2. The number of carbonyl (C=O) groups excluding carboxylic acids is 1. The van der Waals surface area contributed by atoms with Gasteiger partial charge < -0.3 is 10.1 Å². The molecule has 0 fully saturated rings. The van der Waals surface area contributed by atoms with Crippen LogP contribution in [0.5, 0.6) is 5.75 Å². The summed E-state index contributed by atoms with van der Waals surface area (Å²) in [6.45, 7) is 2.56. The van der Waals surface area contributed by atoms with Gasteiger partial charge in [0.25, 0.3) is 0 Å². The van der Waals surface area contributed by atoms with E-state index >= 15 is 0 Å². The Morgan fingerprint density at radius 3 is 2.35 bits per heavy atom. The summed E-state index contributed by atoms with van der Waals surface area (Å²) in [4.78, 5) is 11.7. The van der Waals surface area contributed by atoms with Gasteiger partial charge in [-0.2, -0.15) is 0 Å². The molecule has 2 N–H and O–H groups in total. The van der Waals surface area contributed by atoms with Gasteiger partial charge in [0.05, 0.1) is 11.4 Å². The normalized spacial score (nSPS) is 11.2. The molecule has 0 aliphatic heterocycles. The third kappa shape index (κ3) is 6.45. The summed E-state index contributed by atoms with van der Waals surface area (Å²) in [5, 5.41) is 2.65. The molecule has 140 valence electrons. The number of rotatable bonds is 9. The number of amides is 1. The Morgan fingerprint density at radius 2 is 1.69 bits per heavy atom. The zero-order valence-corrected chi connectivity index (χ0v) is 15.2. The molecule has 6 nitrogen and oxygen atoms in total. The van der Waals surface area contributed by atoms with Crippen LogP contribution in [0.15, 0.2) is 53.4 Å². The van der Waals surface area contributed by atoms with Gasteiger partial charge >= 0.3 is 0 Å². The topological polar surface area (TPSA) is 84.5 Å². The first-order chi connectivity index (χ1) is 12.4. The van der Waals surface area contributed by atoms with E-state index in [9.17, 15) is 17.6 Å². The average molecular weight is 380 g/mol. The van der Waals surface area contributed by atoms with Gasteiger partial charge in [-0.05, 0) is 43.3 Å². The number of nitrogens with one attached hydrogen (secondary N) is 2. The molecular formula is C18H21FN2O4S.